The molecular weight excluding hydrogens is 324 g/mol. The van der Waals surface area contributed by atoms with Gasteiger partial charge in [0.15, 0.2) is 0 Å². The van der Waals surface area contributed by atoms with Gasteiger partial charge in [0.05, 0.1) is 12.8 Å². The molecule has 1 aromatic carbocycles. The fourth-order valence-corrected chi connectivity index (χ4v) is 4.44. The van der Waals surface area contributed by atoms with E-state index in [0.29, 0.717) is 0 Å². The molecule has 1 aromatic rings. The molecule has 0 bridgehead atoms. The summed E-state index contributed by atoms with van der Waals surface area (Å²) in [4.78, 5) is 12.5. The van der Waals surface area contributed by atoms with Crippen molar-refractivity contribution in [1.82, 2.24) is 4.31 Å². The molecule has 1 saturated carbocycles. The van der Waals surface area contributed by atoms with Crippen LogP contribution in [-0.2, 0) is 14.8 Å². The lowest BCUT2D eigenvalue weighted by Crippen LogP contribution is -2.45. The lowest BCUT2D eigenvalue weighted by molar-refractivity contribution is -0.116. The molecule has 0 radical (unpaired) electrons. The van der Waals surface area contributed by atoms with Gasteiger partial charge in [-0.1, -0.05) is 51.3 Å². The molecule has 134 valence electrons. The van der Waals surface area contributed by atoms with Gasteiger partial charge in [0.2, 0.25) is 15.9 Å². The van der Waals surface area contributed by atoms with Gasteiger partial charge in [-0.15, -0.1) is 0 Å². The zero-order valence-corrected chi connectivity index (χ0v) is 15.6. The molecule has 1 fully saturated rings. The molecular formula is C18H28N2O3S. The van der Waals surface area contributed by atoms with Crippen LogP contribution in [-0.4, -0.2) is 37.5 Å². The number of carbonyl (C=O) groups excluding carboxylic acids is 1. The number of rotatable bonds is 6. The number of sulfonamides is 1. The number of hydrogen-bond donors (Lipinski definition) is 1. The standard InChI is InChI=1S/C18H28N2O3S/c1-14(2)16-11-7-8-12-17(16)19-18(21)13-20(24(3,22)23)15-9-5-4-6-10-15/h7-8,11-12,14-15H,4-6,9-10,13H2,1-3H3,(H,19,21). The van der Waals surface area contributed by atoms with Crippen molar-refractivity contribution in [3.8, 4) is 0 Å². The Hall–Kier alpha value is -1.40. The van der Waals surface area contributed by atoms with E-state index < -0.39 is 10.0 Å². The highest BCUT2D eigenvalue weighted by molar-refractivity contribution is 7.88. The minimum absolute atomic E-state index is 0.0557. The lowest BCUT2D eigenvalue weighted by atomic mass is 9.95. The summed E-state index contributed by atoms with van der Waals surface area (Å²) in [7, 11) is -3.41. The Morgan fingerprint density at radius 1 is 1.21 bits per heavy atom. The summed E-state index contributed by atoms with van der Waals surface area (Å²) in [5, 5.41) is 2.89. The highest BCUT2D eigenvalue weighted by atomic mass is 32.2. The van der Waals surface area contributed by atoms with Gasteiger partial charge in [0.25, 0.3) is 0 Å². The zero-order valence-electron chi connectivity index (χ0n) is 14.8. The fourth-order valence-electron chi connectivity index (χ4n) is 3.33. The topological polar surface area (TPSA) is 66.5 Å². The SMILES string of the molecule is CC(C)c1ccccc1NC(=O)CN(C1CCCCC1)S(C)(=O)=O. The molecule has 0 aromatic heterocycles. The van der Waals surface area contributed by atoms with Gasteiger partial charge in [0, 0.05) is 11.7 Å². The number of nitrogens with zero attached hydrogens (tertiary/aromatic N) is 1. The maximum atomic E-state index is 12.5. The summed E-state index contributed by atoms with van der Waals surface area (Å²) >= 11 is 0. The second-order valence-corrected chi connectivity index (χ2v) is 8.83. The molecule has 0 unspecified atom stereocenters. The first kappa shape index (κ1) is 18.9. The van der Waals surface area contributed by atoms with Crippen molar-refractivity contribution in [2.45, 2.75) is 57.9 Å². The van der Waals surface area contributed by atoms with Crippen LogP contribution < -0.4 is 5.32 Å². The third-order valence-electron chi connectivity index (χ3n) is 4.56. The van der Waals surface area contributed by atoms with Crippen molar-refractivity contribution in [3.63, 3.8) is 0 Å². The minimum atomic E-state index is -3.41. The molecule has 0 saturated heterocycles. The summed E-state index contributed by atoms with van der Waals surface area (Å²) in [6.45, 7) is 4.02. The third kappa shape index (κ3) is 5.05. The van der Waals surface area contributed by atoms with Crippen LogP contribution in [0.5, 0.6) is 0 Å². The van der Waals surface area contributed by atoms with E-state index in [1.54, 1.807) is 0 Å². The molecule has 1 N–H and O–H groups in total. The molecule has 0 aliphatic heterocycles. The summed E-state index contributed by atoms with van der Waals surface area (Å²) in [5.74, 6) is 0.00459. The largest absolute Gasteiger partial charge is 0.325 e. The Kier molecular flexibility index (Phi) is 6.40. The Morgan fingerprint density at radius 3 is 2.42 bits per heavy atom. The maximum absolute atomic E-state index is 12.5. The van der Waals surface area contributed by atoms with Gasteiger partial charge >= 0.3 is 0 Å². The Bertz CT molecular complexity index is 665. The zero-order chi connectivity index (χ0) is 17.7. The normalized spacial score (nSPS) is 16.5. The van der Waals surface area contributed by atoms with Gasteiger partial charge in [-0.3, -0.25) is 4.79 Å². The van der Waals surface area contributed by atoms with E-state index in [1.165, 1.54) is 10.6 Å². The average Bonchev–Trinajstić information content (AvgIpc) is 2.52. The molecule has 24 heavy (non-hydrogen) atoms. The van der Waals surface area contributed by atoms with E-state index in [2.05, 4.69) is 19.2 Å². The van der Waals surface area contributed by atoms with Gasteiger partial charge in [0.1, 0.15) is 0 Å². The monoisotopic (exact) mass is 352 g/mol. The first-order valence-electron chi connectivity index (χ1n) is 8.64. The molecule has 0 spiro atoms. The van der Waals surface area contributed by atoms with E-state index in [0.717, 1.165) is 43.4 Å². The summed E-state index contributed by atoms with van der Waals surface area (Å²) in [6.07, 6.45) is 6.05. The van der Waals surface area contributed by atoms with Gasteiger partial charge in [-0.05, 0) is 30.4 Å². The van der Waals surface area contributed by atoms with Crippen LogP contribution in [0.25, 0.3) is 0 Å². The van der Waals surface area contributed by atoms with Crippen molar-refractivity contribution in [2.75, 3.05) is 18.1 Å². The first-order valence-corrected chi connectivity index (χ1v) is 10.5. The van der Waals surface area contributed by atoms with Crippen molar-refractivity contribution >= 4 is 21.6 Å². The van der Waals surface area contributed by atoms with Crippen molar-refractivity contribution in [1.29, 1.82) is 0 Å². The number of amides is 1. The summed E-state index contributed by atoms with van der Waals surface area (Å²) in [6, 6.07) is 7.60. The second-order valence-electron chi connectivity index (χ2n) is 6.89. The number of nitrogens with one attached hydrogen (secondary N) is 1. The van der Waals surface area contributed by atoms with Gasteiger partial charge in [-0.25, -0.2) is 8.42 Å². The third-order valence-corrected chi connectivity index (χ3v) is 5.84. The molecule has 5 nitrogen and oxygen atoms in total. The Morgan fingerprint density at radius 2 is 1.83 bits per heavy atom. The van der Waals surface area contributed by atoms with Crippen LogP contribution in [0.4, 0.5) is 5.69 Å². The van der Waals surface area contributed by atoms with Gasteiger partial charge < -0.3 is 5.32 Å². The number of carbonyl (C=O) groups is 1. The molecule has 1 aliphatic rings. The van der Waals surface area contributed by atoms with E-state index >= 15 is 0 Å². The van der Waals surface area contributed by atoms with Crippen molar-refractivity contribution in [3.05, 3.63) is 29.8 Å². The van der Waals surface area contributed by atoms with Gasteiger partial charge in [-0.2, -0.15) is 4.31 Å². The minimum Gasteiger partial charge on any atom is -0.325 e. The van der Waals surface area contributed by atoms with Crippen molar-refractivity contribution < 1.29 is 13.2 Å². The smallest absolute Gasteiger partial charge is 0.239 e. The van der Waals surface area contributed by atoms with Crippen LogP contribution in [0, 0.1) is 0 Å². The maximum Gasteiger partial charge on any atom is 0.239 e. The predicted molar refractivity (Wildman–Crippen MR) is 97.6 cm³/mol. The Labute approximate surface area is 145 Å². The van der Waals surface area contributed by atoms with Crippen LogP contribution in [0.3, 0.4) is 0 Å². The lowest BCUT2D eigenvalue weighted by Gasteiger charge is -2.32. The molecule has 6 heteroatoms. The number of anilines is 1. The molecule has 1 aliphatic carbocycles. The van der Waals surface area contributed by atoms with E-state index in [1.807, 2.05) is 24.3 Å². The predicted octanol–water partition coefficient (Wildman–Crippen LogP) is 3.34. The summed E-state index contributed by atoms with van der Waals surface area (Å²) in [5.41, 5.74) is 1.81. The quantitative estimate of drug-likeness (QED) is 0.854. The average molecular weight is 353 g/mol. The first-order chi connectivity index (χ1) is 11.3. The number of para-hydroxylation sites is 1. The molecule has 0 heterocycles. The van der Waals surface area contributed by atoms with E-state index in [4.69, 9.17) is 0 Å². The molecule has 1 amide bonds. The van der Waals surface area contributed by atoms with Crippen molar-refractivity contribution in [2.24, 2.45) is 0 Å². The fraction of sp³-hybridized carbons (Fsp3) is 0.611. The summed E-state index contributed by atoms with van der Waals surface area (Å²) < 4.78 is 25.7. The van der Waals surface area contributed by atoms with Crippen LogP contribution in [0.15, 0.2) is 24.3 Å². The number of benzene rings is 1. The van der Waals surface area contributed by atoms with Crippen LogP contribution >= 0.6 is 0 Å². The highest BCUT2D eigenvalue weighted by Crippen LogP contribution is 2.26. The Balaban J connectivity index is 2.11. The highest BCUT2D eigenvalue weighted by Gasteiger charge is 2.30. The molecule has 0 atom stereocenters. The van der Waals surface area contributed by atoms with E-state index in [-0.39, 0.29) is 24.4 Å². The van der Waals surface area contributed by atoms with Crippen LogP contribution in [0.1, 0.15) is 57.4 Å². The van der Waals surface area contributed by atoms with E-state index in [9.17, 15) is 13.2 Å². The number of hydrogen-bond acceptors (Lipinski definition) is 3. The molecule has 2 rings (SSSR count). The second kappa shape index (κ2) is 8.12. The van der Waals surface area contributed by atoms with Crippen LogP contribution in [0.2, 0.25) is 0 Å².